The fourth-order valence-electron chi connectivity index (χ4n) is 2.20. The molecule has 0 aromatic heterocycles. The number of ether oxygens (including phenoxy) is 2. The second-order valence-corrected chi connectivity index (χ2v) is 5.56. The van der Waals surface area contributed by atoms with E-state index in [1.165, 1.54) is 13.8 Å². The summed E-state index contributed by atoms with van der Waals surface area (Å²) in [7, 11) is 0. The van der Waals surface area contributed by atoms with Gasteiger partial charge in [0.1, 0.15) is 0 Å². The van der Waals surface area contributed by atoms with Crippen LogP contribution in [0, 0.1) is 0 Å². The molecule has 0 atom stereocenters. The zero-order chi connectivity index (χ0) is 19.1. The van der Waals surface area contributed by atoms with Gasteiger partial charge in [-0.05, 0) is 11.1 Å². The van der Waals surface area contributed by atoms with Crippen molar-refractivity contribution in [2.24, 2.45) is 0 Å². The summed E-state index contributed by atoms with van der Waals surface area (Å²) in [6.07, 6.45) is 0. The lowest BCUT2D eigenvalue weighted by Crippen LogP contribution is -2.11. The van der Waals surface area contributed by atoms with Crippen molar-refractivity contribution in [1.82, 2.24) is 0 Å². The van der Waals surface area contributed by atoms with Gasteiger partial charge in [0.15, 0.2) is 24.8 Å². The predicted octanol–water partition coefficient (Wildman–Crippen LogP) is 2.85. The average molecular weight is 354 g/mol. The van der Waals surface area contributed by atoms with Crippen LogP contribution >= 0.6 is 0 Å². The molecule has 0 unspecified atom stereocenters. The first-order valence-corrected chi connectivity index (χ1v) is 7.90. The van der Waals surface area contributed by atoms with E-state index in [4.69, 9.17) is 9.47 Å². The van der Waals surface area contributed by atoms with Crippen molar-refractivity contribution in [3.63, 3.8) is 0 Å². The molecule has 0 saturated carbocycles. The highest BCUT2D eigenvalue weighted by atomic mass is 16.5. The largest absolute Gasteiger partial charge is 0.457 e. The molecular weight excluding hydrogens is 336 g/mol. The summed E-state index contributed by atoms with van der Waals surface area (Å²) in [5, 5.41) is 0. The van der Waals surface area contributed by atoms with E-state index in [1.807, 2.05) is 0 Å². The van der Waals surface area contributed by atoms with Crippen LogP contribution in [0.2, 0.25) is 0 Å². The first kappa shape index (κ1) is 19.1. The maximum atomic E-state index is 11.9. The van der Waals surface area contributed by atoms with Gasteiger partial charge < -0.3 is 9.47 Å². The highest BCUT2D eigenvalue weighted by Gasteiger charge is 2.10. The Bertz CT molecular complexity index is 747. The number of esters is 2. The van der Waals surface area contributed by atoms with Gasteiger partial charge in [0.25, 0.3) is 0 Å². The second kappa shape index (κ2) is 8.71. The van der Waals surface area contributed by atoms with Crippen molar-refractivity contribution in [1.29, 1.82) is 0 Å². The average Bonchev–Trinajstić information content (AvgIpc) is 2.64. The SMILES string of the molecule is CC(=O)OCC(=O)c1ccc(-c2ccc(C(=O)COC(C)=O)cc2)cc1. The van der Waals surface area contributed by atoms with Crippen LogP contribution in [0.15, 0.2) is 48.5 Å². The van der Waals surface area contributed by atoms with Gasteiger partial charge in [-0.3, -0.25) is 19.2 Å². The van der Waals surface area contributed by atoms with Crippen molar-refractivity contribution in [2.45, 2.75) is 13.8 Å². The third-order valence-corrected chi connectivity index (χ3v) is 3.56. The van der Waals surface area contributed by atoms with E-state index >= 15 is 0 Å². The maximum absolute atomic E-state index is 11.9. The lowest BCUT2D eigenvalue weighted by molar-refractivity contribution is -0.140. The van der Waals surface area contributed by atoms with Gasteiger partial charge in [0.05, 0.1) is 0 Å². The van der Waals surface area contributed by atoms with Gasteiger partial charge in [0, 0.05) is 25.0 Å². The summed E-state index contributed by atoms with van der Waals surface area (Å²) in [5.74, 6) is -1.56. The molecule has 0 spiro atoms. The molecule has 6 nitrogen and oxygen atoms in total. The second-order valence-electron chi connectivity index (χ2n) is 5.56. The summed E-state index contributed by atoms with van der Waals surface area (Å²) in [4.78, 5) is 45.2. The lowest BCUT2D eigenvalue weighted by atomic mass is 10.0. The van der Waals surface area contributed by atoms with Crippen LogP contribution in [0.25, 0.3) is 11.1 Å². The summed E-state index contributed by atoms with van der Waals surface area (Å²) in [5.41, 5.74) is 2.63. The summed E-state index contributed by atoms with van der Waals surface area (Å²) < 4.78 is 9.38. The minimum absolute atomic E-state index is 0.279. The molecule has 2 aromatic carbocycles. The first-order chi connectivity index (χ1) is 12.4. The predicted molar refractivity (Wildman–Crippen MR) is 93.8 cm³/mol. The fourth-order valence-corrected chi connectivity index (χ4v) is 2.20. The van der Waals surface area contributed by atoms with Crippen molar-refractivity contribution in [2.75, 3.05) is 13.2 Å². The molecule has 2 rings (SSSR count). The molecule has 0 N–H and O–H groups in total. The molecule has 0 aliphatic carbocycles. The third kappa shape index (κ3) is 5.37. The van der Waals surface area contributed by atoms with Crippen LogP contribution in [0.3, 0.4) is 0 Å². The molecule has 0 amide bonds. The molecule has 0 bridgehead atoms. The number of rotatable bonds is 7. The Hall–Kier alpha value is -3.28. The van der Waals surface area contributed by atoms with Crippen LogP contribution < -0.4 is 0 Å². The van der Waals surface area contributed by atoms with Gasteiger partial charge in [-0.15, -0.1) is 0 Å². The van der Waals surface area contributed by atoms with E-state index in [0.717, 1.165) is 11.1 Å². The van der Waals surface area contributed by atoms with E-state index < -0.39 is 11.9 Å². The van der Waals surface area contributed by atoms with E-state index in [9.17, 15) is 19.2 Å². The van der Waals surface area contributed by atoms with Gasteiger partial charge >= 0.3 is 11.9 Å². The molecule has 0 aliphatic heterocycles. The first-order valence-electron chi connectivity index (χ1n) is 7.90. The Morgan fingerprint density at radius 3 is 1.19 bits per heavy atom. The normalized spacial score (nSPS) is 10.1. The quantitative estimate of drug-likeness (QED) is 0.561. The van der Waals surface area contributed by atoms with Crippen molar-refractivity contribution in [3.8, 4) is 11.1 Å². The molecule has 2 aromatic rings. The van der Waals surface area contributed by atoms with Crippen LogP contribution in [0.1, 0.15) is 34.6 Å². The topological polar surface area (TPSA) is 86.7 Å². The smallest absolute Gasteiger partial charge is 0.303 e. The van der Waals surface area contributed by atoms with E-state index in [1.54, 1.807) is 48.5 Å². The maximum Gasteiger partial charge on any atom is 0.303 e. The van der Waals surface area contributed by atoms with Crippen LogP contribution in [0.5, 0.6) is 0 Å². The number of Topliss-reactive ketones (excluding diaryl/α,β-unsaturated/α-hetero) is 2. The van der Waals surface area contributed by atoms with Gasteiger partial charge in [-0.1, -0.05) is 48.5 Å². The standard InChI is InChI=1S/C20H18O6/c1-13(21)25-11-19(23)17-7-3-15(4-8-17)16-5-9-18(10-6-16)20(24)12-26-14(2)22/h3-10H,11-12H2,1-2H3. The number of carbonyl (C=O) groups excluding carboxylic acids is 4. The Kier molecular flexibility index (Phi) is 6.38. The summed E-state index contributed by atoms with van der Waals surface area (Å²) >= 11 is 0. The molecule has 0 saturated heterocycles. The Morgan fingerprint density at radius 2 is 0.923 bits per heavy atom. The zero-order valence-electron chi connectivity index (χ0n) is 14.5. The van der Waals surface area contributed by atoms with Crippen molar-refractivity contribution in [3.05, 3.63) is 59.7 Å². The highest BCUT2D eigenvalue weighted by molar-refractivity contribution is 5.99. The molecule has 0 fully saturated rings. The molecule has 0 aliphatic rings. The number of hydrogen-bond acceptors (Lipinski definition) is 6. The van der Waals surface area contributed by atoms with E-state index in [2.05, 4.69) is 0 Å². The Labute approximate surface area is 150 Å². The number of hydrogen-bond donors (Lipinski definition) is 0. The van der Waals surface area contributed by atoms with Crippen LogP contribution in [-0.2, 0) is 19.1 Å². The number of carbonyl (C=O) groups is 4. The minimum atomic E-state index is -0.502. The van der Waals surface area contributed by atoms with Gasteiger partial charge in [-0.25, -0.2) is 0 Å². The Morgan fingerprint density at radius 1 is 0.615 bits per heavy atom. The summed E-state index contributed by atoms with van der Waals surface area (Å²) in [6, 6.07) is 13.7. The summed E-state index contributed by atoms with van der Waals surface area (Å²) in [6.45, 7) is 1.93. The molecule has 6 heteroatoms. The molecule has 26 heavy (non-hydrogen) atoms. The zero-order valence-corrected chi connectivity index (χ0v) is 14.5. The van der Waals surface area contributed by atoms with E-state index in [0.29, 0.717) is 11.1 Å². The van der Waals surface area contributed by atoms with Crippen LogP contribution in [-0.4, -0.2) is 36.7 Å². The molecular formula is C20H18O6. The molecule has 0 heterocycles. The molecule has 134 valence electrons. The van der Waals surface area contributed by atoms with Gasteiger partial charge in [0.2, 0.25) is 0 Å². The van der Waals surface area contributed by atoms with Crippen LogP contribution in [0.4, 0.5) is 0 Å². The van der Waals surface area contributed by atoms with E-state index in [-0.39, 0.29) is 24.8 Å². The lowest BCUT2D eigenvalue weighted by Gasteiger charge is -2.06. The number of benzene rings is 2. The third-order valence-electron chi connectivity index (χ3n) is 3.56. The van der Waals surface area contributed by atoms with Gasteiger partial charge in [-0.2, -0.15) is 0 Å². The number of ketones is 2. The fraction of sp³-hybridized carbons (Fsp3) is 0.200. The highest BCUT2D eigenvalue weighted by Crippen LogP contribution is 2.21. The van der Waals surface area contributed by atoms with Crippen molar-refractivity contribution < 1.29 is 28.7 Å². The monoisotopic (exact) mass is 354 g/mol. The Balaban J connectivity index is 2.05. The van der Waals surface area contributed by atoms with Crippen molar-refractivity contribution >= 4 is 23.5 Å². The molecule has 0 radical (unpaired) electrons. The minimum Gasteiger partial charge on any atom is -0.457 e.